The molecule has 0 aromatic heterocycles. The second-order valence-electron chi connectivity index (χ2n) is 4.86. The van der Waals surface area contributed by atoms with E-state index in [1.807, 2.05) is 12.1 Å². The van der Waals surface area contributed by atoms with E-state index in [1.54, 1.807) is 6.07 Å². The third-order valence-electron chi connectivity index (χ3n) is 3.15. The molecule has 0 heterocycles. The maximum atomic E-state index is 9.35. The zero-order valence-corrected chi connectivity index (χ0v) is 11.6. The van der Waals surface area contributed by atoms with Crippen molar-refractivity contribution in [1.82, 2.24) is 0 Å². The molecule has 100 valence electrons. The van der Waals surface area contributed by atoms with E-state index in [9.17, 15) is 5.11 Å². The van der Waals surface area contributed by atoms with E-state index in [0.717, 1.165) is 12.8 Å². The first kappa shape index (κ1) is 14.8. The van der Waals surface area contributed by atoms with Gasteiger partial charge in [0.2, 0.25) is 0 Å². The van der Waals surface area contributed by atoms with Gasteiger partial charge >= 0.3 is 0 Å². The summed E-state index contributed by atoms with van der Waals surface area (Å²) < 4.78 is 0. The molecule has 0 bridgehead atoms. The molecule has 0 aliphatic rings. The van der Waals surface area contributed by atoms with Crippen LogP contribution in [0.3, 0.4) is 0 Å². The molecule has 0 atom stereocenters. The van der Waals surface area contributed by atoms with Crippen LogP contribution in [0, 0.1) is 0 Å². The molecule has 1 aromatic rings. The van der Waals surface area contributed by atoms with Crippen LogP contribution in [0.4, 0.5) is 0 Å². The molecule has 1 rings (SSSR count). The molecule has 0 unspecified atom stereocenters. The topological polar surface area (TPSA) is 20.2 Å². The molecule has 0 saturated carbocycles. The largest absolute Gasteiger partial charge is 0.508 e. The Hall–Kier alpha value is -1.24. The third kappa shape index (κ3) is 7.16. The van der Waals surface area contributed by atoms with Gasteiger partial charge in [-0.1, -0.05) is 50.5 Å². The summed E-state index contributed by atoms with van der Waals surface area (Å²) in [6, 6.07) is 7.61. The number of hydrogen-bond acceptors (Lipinski definition) is 1. The fraction of sp³-hybridized carbons (Fsp3) is 0.529. The monoisotopic (exact) mass is 246 g/mol. The lowest BCUT2D eigenvalue weighted by Crippen LogP contribution is -1.86. The highest BCUT2D eigenvalue weighted by Crippen LogP contribution is 2.14. The van der Waals surface area contributed by atoms with E-state index < -0.39 is 0 Å². The van der Waals surface area contributed by atoms with Crippen LogP contribution in [0.2, 0.25) is 0 Å². The summed E-state index contributed by atoms with van der Waals surface area (Å²) in [5, 5.41) is 9.35. The first-order valence-electron chi connectivity index (χ1n) is 7.26. The second kappa shape index (κ2) is 9.76. The van der Waals surface area contributed by atoms with Crippen LogP contribution in [0.5, 0.6) is 5.75 Å². The number of phenols is 1. The van der Waals surface area contributed by atoms with E-state index in [0.29, 0.717) is 5.75 Å². The molecule has 0 spiro atoms. The van der Waals surface area contributed by atoms with E-state index >= 15 is 0 Å². The Balaban J connectivity index is 1.97. The molecule has 0 saturated heterocycles. The highest BCUT2D eigenvalue weighted by Gasteiger charge is 1.95. The maximum absolute atomic E-state index is 9.35. The molecule has 18 heavy (non-hydrogen) atoms. The van der Waals surface area contributed by atoms with Gasteiger partial charge in [-0.05, 0) is 49.8 Å². The van der Waals surface area contributed by atoms with Crippen molar-refractivity contribution in [3.8, 4) is 5.75 Å². The average molecular weight is 246 g/mol. The smallest absolute Gasteiger partial charge is 0.115 e. The number of hydrogen-bond donors (Lipinski definition) is 1. The van der Waals surface area contributed by atoms with Crippen LogP contribution in [0.25, 0.3) is 0 Å². The van der Waals surface area contributed by atoms with Crippen molar-refractivity contribution in [3.05, 3.63) is 42.0 Å². The molecule has 1 aromatic carbocycles. The Kier molecular flexibility index (Phi) is 8.03. The molecule has 0 aliphatic carbocycles. The maximum Gasteiger partial charge on any atom is 0.115 e. The van der Waals surface area contributed by atoms with Crippen LogP contribution in [-0.4, -0.2) is 5.11 Å². The van der Waals surface area contributed by atoms with Gasteiger partial charge in [-0.25, -0.2) is 0 Å². The number of benzene rings is 1. The normalized spacial score (nSPS) is 11.2. The minimum atomic E-state index is 0.384. The van der Waals surface area contributed by atoms with Crippen LogP contribution in [-0.2, 0) is 6.42 Å². The van der Waals surface area contributed by atoms with E-state index in [2.05, 4.69) is 25.1 Å². The summed E-state index contributed by atoms with van der Waals surface area (Å²) in [6.45, 7) is 2.18. The summed E-state index contributed by atoms with van der Waals surface area (Å²) in [4.78, 5) is 0. The lowest BCUT2D eigenvalue weighted by atomic mass is 10.0. The van der Waals surface area contributed by atoms with Gasteiger partial charge in [0.05, 0.1) is 0 Å². The van der Waals surface area contributed by atoms with Crippen LogP contribution < -0.4 is 0 Å². The molecule has 0 radical (unpaired) electrons. The minimum Gasteiger partial charge on any atom is -0.508 e. The average Bonchev–Trinajstić information content (AvgIpc) is 2.37. The van der Waals surface area contributed by atoms with Gasteiger partial charge in [-0.15, -0.1) is 0 Å². The summed E-state index contributed by atoms with van der Waals surface area (Å²) in [5.74, 6) is 0.384. The highest BCUT2D eigenvalue weighted by molar-refractivity contribution is 5.27. The van der Waals surface area contributed by atoms with Crippen molar-refractivity contribution in [2.45, 2.75) is 58.3 Å². The summed E-state index contributed by atoms with van der Waals surface area (Å²) >= 11 is 0. The molecule has 1 heteroatoms. The van der Waals surface area contributed by atoms with Crippen molar-refractivity contribution < 1.29 is 5.11 Å². The highest BCUT2D eigenvalue weighted by atomic mass is 16.3. The molecule has 0 amide bonds. The van der Waals surface area contributed by atoms with Crippen LogP contribution in [0.1, 0.15) is 57.4 Å². The van der Waals surface area contributed by atoms with Crippen molar-refractivity contribution in [2.24, 2.45) is 0 Å². The van der Waals surface area contributed by atoms with Crippen LogP contribution >= 0.6 is 0 Å². The summed E-state index contributed by atoms with van der Waals surface area (Å²) in [7, 11) is 0. The zero-order chi connectivity index (χ0) is 13.1. The lowest BCUT2D eigenvalue weighted by Gasteiger charge is -2.02. The Morgan fingerprint density at radius 1 is 1.00 bits per heavy atom. The molecule has 1 nitrogen and oxygen atoms in total. The lowest BCUT2D eigenvalue weighted by molar-refractivity contribution is 0.474. The Labute approximate surface area is 112 Å². The first-order valence-corrected chi connectivity index (χ1v) is 7.26. The number of unbranched alkanes of at least 4 members (excludes halogenated alkanes) is 5. The van der Waals surface area contributed by atoms with Crippen LogP contribution in [0.15, 0.2) is 36.4 Å². The number of phenolic OH excluding ortho intramolecular Hbond substituents is 1. The number of allylic oxidation sites excluding steroid dienone is 2. The van der Waals surface area contributed by atoms with Crippen molar-refractivity contribution in [3.63, 3.8) is 0 Å². The predicted octanol–water partition coefficient (Wildman–Crippen LogP) is 5.24. The summed E-state index contributed by atoms with van der Waals surface area (Å²) in [5.41, 5.74) is 1.25. The second-order valence-corrected chi connectivity index (χ2v) is 4.86. The van der Waals surface area contributed by atoms with Gasteiger partial charge in [0, 0.05) is 0 Å². The van der Waals surface area contributed by atoms with Gasteiger partial charge in [0.25, 0.3) is 0 Å². The van der Waals surface area contributed by atoms with Gasteiger partial charge in [0.15, 0.2) is 0 Å². The van der Waals surface area contributed by atoms with Crippen molar-refractivity contribution >= 4 is 0 Å². The number of aryl methyl sites for hydroxylation is 1. The van der Waals surface area contributed by atoms with Crippen molar-refractivity contribution in [2.75, 3.05) is 0 Å². The molecule has 0 aliphatic heterocycles. The van der Waals surface area contributed by atoms with Gasteiger partial charge in [-0.2, -0.15) is 0 Å². The van der Waals surface area contributed by atoms with E-state index in [4.69, 9.17) is 0 Å². The third-order valence-corrected chi connectivity index (χ3v) is 3.15. The zero-order valence-electron chi connectivity index (χ0n) is 11.6. The predicted molar refractivity (Wildman–Crippen MR) is 78.9 cm³/mol. The number of aromatic hydroxyl groups is 1. The standard InChI is InChI=1S/C17H26O/c1-2-3-4-5-6-7-8-9-10-12-16-13-11-14-17(18)15-16/h3-4,11,13-15,18H,2,5-10,12H2,1H3. The van der Waals surface area contributed by atoms with Gasteiger partial charge in [0.1, 0.15) is 5.75 Å². The minimum absolute atomic E-state index is 0.384. The Bertz CT molecular complexity index is 341. The summed E-state index contributed by atoms with van der Waals surface area (Å²) in [6.07, 6.45) is 14.6. The molecular formula is C17H26O. The molecular weight excluding hydrogens is 220 g/mol. The van der Waals surface area contributed by atoms with E-state index in [1.165, 1.54) is 44.1 Å². The van der Waals surface area contributed by atoms with E-state index in [-0.39, 0.29) is 0 Å². The van der Waals surface area contributed by atoms with Crippen molar-refractivity contribution in [1.29, 1.82) is 0 Å². The fourth-order valence-electron chi connectivity index (χ4n) is 2.12. The molecule has 1 N–H and O–H groups in total. The van der Waals surface area contributed by atoms with Gasteiger partial charge < -0.3 is 5.11 Å². The Morgan fingerprint density at radius 3 is 2.56 bits per heavy atom. The SMILES string of the molecule is CCC=CCCCCCCCc1cccc(O)c1. The Morgan fingerprint density at radius 2 is 1.78 bits per heavy atom. The molecule has 0 fully saturated rings. The van der Waals surface area contributed by atoms with Gasteiger partial charge in [-0.3, -0.25) is 0 Å². The quantitative estimate of drug-likeness (QED) is 0.466. The first-order chi connectivity index (χ1) is 8.83. The fourth-order valence-corrected chi connectivity index (χ4v) is 2.12. The number of rotatable bonds is 9.